The Morgan fingerprint density at radius 3 is 2.56 bits per heavy atom. The van der Waals surface area contributed by atoms with Crippen LogP contribution in [0.15, 0.2) is 12.7 Å². The van der Waals surface area contributed by atoms with E-state index in [0.717, 1.165) is 5.92 Å². The maximum Gasteiger partial charge on any atom is 0.303 e. The Morgan fingerprint density at radius 2 is 2.12 bits per heavy atom. The third-order valence-corrected chi connectivity index (χ3v) is 5.71. The van der Waals surface area contributed by atoms with Crippen LogP contribution < -0.4 is 5.73 Å². The molecule has 0 saturated heterocycles. The van der Waals surface area contributed by atoms with Gasteiger partial charge in [-0.15, -0.1) is 6.58 Å². The summed E-state index contributed by atoms with van der Waals surface area (Å²) in [4.78, 5) is 11.0. The van der Waals surface area contributed by atoms with E-state index in [9.17, 15) is 4.79 Å². The molecule has 0 heterocycles. The Morgan fingerprint density at radius 1 is 1.50 bits per heavy atom. The van der Waals surface area contributed by atoms with Crippen LogP contribution in [0.1, 0.15) is 25.7 Å². The van der Waals surface area contributed by atoms with Crippen molar-refractivity contribution in [3.63, 3.8) is 0 Å². The van der Waals surface area contributed by atoms with Crippen LogP contribution in [0.3, 0.4) is 0 Å². The van der Waals surface area contributed by atoms with E-state index in [-0.39, 0.29) is 17.3 Å². The van der Waals surface area contributed by atoms with Crippen molar-refractivity contribution in [2.45, 2.75) is 25.7 Å². The average molecular weight is 221 g/mol. The third-order valence-electron chi connectivity index (χ3n) is 5.71. The molecule has 88 valence electrons. The zero-order valence-electron chi connectivity index (χ0n) is 9.48. The number of carbonyl (C=O) groups is 1. The summed E-state index contributed by atoms with van der Waals surface area (Å²) in [6.07, 6.45) is 5.93. The molecule has 0 amide bonds. The second-order valence-corrected chi connectivity index (χ2v) is 5.97. The fraction of sp³-hybridized carbons (Fsp3) is 0.769. The van der Waals surface area contributed by atoms with E-state index in [1.165, 1.54) is 19.3 Å². The molecule has 3 aliphatic rings. The van der Waals surface area contributed by atoms with Gasteiger partial charge in [0.1, 0.15) is 0 Å². The first-order valence-corrected chi connectivity index (χ1v) is 6.14. The summed E-state index contributed by atoms with van der Waals surface area (Å²) in [5.74, 6) is 1.09. The SMILES string of the molecule is C=CC12CC3C[C@H]1C(CN)(CC(=O)O)[C@H]2C3. The van der Waals surface area contributed by atoms with Crippen molar-refractivity contribution in [2.75, 3.05) is 6.54 Å². The smallest absolute Gasteiger partial charge is 0.303 e. The molecular formula is C13H19NO2. The molecule has 5 atom stereocenters. The molecule has 0 radical (unpaired) electrons. The first kappa shape index (κ1) is 10.3. The van der Waals surface area contributed by atoms with Crippen LogP contribution in [-0.4, -0.2) is 17.6 Å². The lowest BCUT2D eigenvalue weighted by Crippen LogP contribution is -2.65. The number of rotatable bonds is 4. The van der Waals surface area contributed by atoms with Crippen molar-refractivity contribution in [1.29, 1.82) is 0 Å². The largest absolute Gasteiger partial charge is 0.481 e. The zero-order valence-corrected chi connectivity index (χ0v) is 9.48. The highest BCUT2D eigenvalue weighted by molar-refractivity contribution is 5.68. The summed E-state index contributed by atoms with van der Waals surface area (Å²) in [6, 6.07) is 0. The quantitative estimate of drug-likeness (QED) is 0.709. The van der Waals surface area contributed by atoms with Crippen molar-refractivity contribution < 1.29 is 9.90 Å². The maximum atomic E-state index is 11.0. The minimum Gasteiger partial charge on any atom is -0.481 e. The number of hydrogen-bond donors (Lipinski definition) is 2. The molecule has 0 spiro atoms. The molecule has 3 aliphatic carbocycles. The Kier molecular flexibility index (Phi) is 1.87. The van der Waals surface area contributed by atoms with Crippen LogP contribution in [0.4, 0.5) is 0 Å². The summed E-state index contributed by atoms with van der Waals surface area (Å²) >= 11 is 0. The van der Waals surface area contributed by atoms with Crippen molar-refractivity contribution in [1.82, 2.24) is 0 Å². The molecule has 3 saturated carbocycles. The predicted molar refractivity (Wildman–Crippen MR) is 60.7 cm³/mol. The molecule has 0 aromatic heterocycles. The minimum atomic E-state index is -0.696. The highest BCUT2D eigenvalue weighted by Gasteiger charge is 2.75. The summed E-state index contributed by atoms with van der Waals surface area (Å²) < 4.78 is 0. The summed E-state index contributed by atoms with van der Waals surface area (Å²) in [7, 11) is 0. The van der Waals surface area contributed by atoms with Crippen LogP contribution in [0.5, 0.6) is 0 Å². The molecule has 3 nitrogen and oxygen atoms in total. The van der Waals surface area contributed by atoms with E-state index in [1.807, 2.05) is 0 Å². The fourth-order valence-corrected chi connectivity index (χ4v) is 5.33. The van der Waals surface area contributed by atoms with Gasteiger partial charge in [-0.05, 0) is 49.0 Å². The molecule has 0 aliphatic heterocycles. The molecule has 0 aromatic carbocycles. The second-order valence-electron chi connectivity index (χ2n) is 5.97. The van der Waals surface area contributed by atoms with Crippen molar-refractivity contribution in [3.8, 4) is 0 Å². The number of carboxylic acids is 1. The number of hydrogen-bond acceptors (Lipinski definition) is 2. The maximum absolute atomic E-state index is 11.0. The first-order chi connectivity index (χ1) is 7.59. The second kappa shape index (κ2) is 2.89. The van der Waals surface area contributed by atoms with E-state index in [1.54, 1.807) is 0 Å². The van der Waals surface area contributed by atoms with Gasteiger partial charge in [-0.2, -0.15) is 0 Å². The van der Waals surface area contributed by atoms with E-state index in [0.29, 0.717) is 18.4 Å². The molecule has 16 heavy (non-hydrogen) atoms. The number of nitrogens with two attached hydrogens (primary N) is 1. The van der Waals surface area contributed by atoms with E-state index >= 15 is 0 Å². The third kappa shape index (κ3) is 0.877. The van der Waals surface area contributed by atoms with Gasteiger partial charge in [-0.1, -0.05) is 6.08 Å². The number of fused-ring (bicyclic) bond motifs is 1. The van der Waals surface area contributed by atoms with E-state index < -0.39 is 5.97 Å². The predicted octanol–water partition coefficient (Wildman–Crippen LogP) is 1.64. The molecule has 3 N–H and O–H groups in total. The summed E-state index contributed by atoms with van der Waals surface area (Å²) in [5.41, 5.74) is 6.04. The van der Waals surface area contributed by atoms with Gasteiger partial charge in [-0.3, -0.25) is 4.79 Å². The zero-order chi connectivity index (χ0) is 11.6. The van der Waals surface area contributed by atoms with Gasteiger partial charge in [0, 0.05) is 5.41 Å². The monoisotopic (exact) mass is 221 g/mol. The Balaban J connectivity index is 1.95. The van der Waals surface area contributed by atoms with Gasteiger partial charge in [0.05, 0.1) is 6.42 Å². The van der Waals surface area contributed by atoms with E-state index in [4.69, 9.17) is 10.8 Å². The van der Waals surface area contributed by atoms with Gasteiger partial charge in [0.2, 0.25) is 0 Å². The van der Waals surface area contributed by atoms with E-state index in [2.05, 4.69) is 12.7 Å². The van der Waals surface area contributed by atoms with Gasteiger partial charge < -0.3 is 10.8 Å². The van der Waals surface area contributed by atoms with Gasteiger partial charge >= 0.3 is 5.97 Å². The van der Waals surface area contributed by atoms with Crippen LogP contribution in [0.2, 0.25) is 0 Å². The van der Waals surface area contributed by atoms with Crippen LogP contribution in [0.25, 0.3) is 0 Å². The minimum absolute atomic E-state index is 0.118. The highest BCUT2D eigenvalue weighted by atomic mass is 16.4. The lowest BCUT2D eigenvalue weighted by molar-refractivity contribution is -0.178. The van der Waals surface area contributed by atoms with Crippen LogP contribution in [0, 0.1) is 28.6 Å². The molecule has 3 rings (SSSR count). The van der Waals surface area contributed by atoms with Crippen LogP contribution >= 0.6 is 0 Å². The van der Waals surface area contributed by atoms with Crippen molar-refractivity contribution >= 4 is 5.97 Å². The lowest BCUT2D eigenvalue weighted by Gasteiger charge is -2.66. The topological polar surface area (TPSA) is 63.3 Å². The summed E-state index contributed by atoms with van der Waals surface area (Å²) in [5, 5.41) is 9.08. The van der Waals surface area contributed by atoms with Crippen molar-refractivity contribution in [3.05, 3.63) is 12.7 Å². The number of aliphatic carboxylic acids is 1. The van der Waals surface area contributed by atoms with Crippen molar-refractivity contribution in [2.24, 2.45) is 34.3 Å². The first-order valence-electron chi connectivity index (χ1n) is 6.14. The molecule has 3 fully saturated rings. The molecular weight excluding hydrogens is 202 g/mol. The Bertz CT molecular complexity index is 349. The normalized spacial score (nSPS) is 52.4. The average Bonchev–Trinajstić information content (AvgIpc) is 2.77. The molecule has 0 aromatic rings. The number of carboxylic acid groups (broad SMARTS) is 1. The number of allylic oxidation sites excluding steroid dienone is 1. The van der Waals surface area contributed by atoms with Crippen LogP contribution in [-0.2, 0) is 4.79 Å². The Hall–Kier alpha value is -0.830. The molecule has 3 heteroatoms. The Labute approximate surface area is 95.7 Å². The van der Waals surface area contributed by atoms with Gasteiger partial charge in [0.25, 0.3) is 0 Å². The summed E-state index contributed by atoms with van der Waals surface area (Å²) in [6.45, 7) is 4.51. The van der Waals surface area contributed by atoms with Gasteiger partial charge in [-0.25, -0.2) is 0 Å². The molecule has 3 unspecified atom stereocenters. The fourth-order valence-electron chi connectivity index (χ4n) is 5.33. The molecule has 2 bridgehead atoms. The van der Waals surface area contributed by atoms with Gasteiger partial charge in [0.15, 0.2) is 0 Å². The lowest BCUT2D eigenvalue weighted by atomic mass is 9.38. The highest BCUT2D eigenvalue weighted by Crippen LogP contribution is 2.80. The standard InChI is InChI=1S/C13H19NO2/c1-2-12-5-8-3-9(12)13(7-14,6-11(15)16)10(12)4-8/h2,8-10H,1,3-7,14H2,(H,15,16)/t8?,9-,10+,12?,13?.